The molecule has 0 radical (unpaired) electrons. The van der Waals surface area contributed by atoms with Crippen LogP contribution in [0.5, 0.6) is 0 Å². The summed E-state index contributed by atoms with van der Waals surface area (Å²) in [5.41, 5.74) is 2.09. The summed E-state index contributed by atoms with van der Waals surface area (Å²) in [5, 5.41) is 11.9. The number of carbonyl (C=O) groups is 1. The van der Waals surface area contributed by atoms with Gasteiger partial charge in [-0.15, -0.1) is 11.8 Å². The molecule has 1 aliphatic heterocycles. The van der Waals surface area contributed by atoms with Gasteiger partial charge in [-0.25, -0.2) is 4.79 Å². The van der Waals surface area contributed by atoms with Crippen LogP contribution in [0.15, 0.2) is 47.1 Å². The van der Waals surface area contributed by atoms with E-state index in [-0.39, 0.29) is 12.6 Å². The average Bonchev–Trinajstić information content (AvgIpc) is 2.90. The van der Waals surface area contributed by atoms with Crippen LogP contribution >= 0.6 is 11.8 Å². The molecular formula is C14H19NO3S. The lowest BCUT2D eigenvalue weighted by molar-refractivity contribution is -0.135. The van der Waals surface area contributed by atoms with Crippen LogP contribution in [0.4, 0.5) is 0 Å². The molecule has 0 aliphatic carbocycles. The standard InChI is InChI=1S/C14H19NO3S/c1-3-4-12(15-7-8-16)6-5-11-9-13(19-10-11)14(17)18-2/h3-5,9,15-16H,1,6-8,10H2,2H3/b11-5-,12-4+. The zero-order valence-electron chi connectivity index (χ0n) is 11.0. The third kappa shape index (κ3) is 5.36. The fraction of sp³-hybridized carbons (Fsp3) is 0.357. The number of aliphatic hydroxyl groups excluding tert-OH is 1. The Morgan fingerprint density at radius 2 is 2.47 bits per heavy atom. The number of hydrogen-bond donors (Lipinski definition) is 2. The Morgan fingerprint density at radius 1 is 1.68 bits per heavy atom. The predicted octanol–water partition coefficient (Wildman–Crippen LogP) is 1.76. The summed E-state index contributed by atoms with van der Waals surface area (Å²) in [5.74, 6) is 0.500. The van der Waals surface area contributed by atoms with Gasteiger partial charge in [0, 0.05) is 24.4 Å². The van der Waals surface area contributed by atoms with E-state index in [1.165, 1.54) is 18.9 Å². The highest BCUT2D eigenvalue weighted by Gasteiger charge is 2.17. The molecule has 0 amide bonds. The molecule has 0 atom stereocenters. The molecular weight excluding hydrogens is 262 g/mol. The number of ether oxygens (including phenoxy) is 1. The van der Waals surface area contributed by atoms with Gasteiger partial charge in [0.2, 0.25) is 0 Å². The SMILES string of the molecule is C=C/C=C(\C/C=C1/C=C(C(=O)OC)SC1)NCCO. The second-order valence-electron chi connectivity index (χ2n) is 3.85. The molecule has 0 aromatic carbocycles. The van der Waals surface area contributed by atoms with Crippen molar-refractivity contribution < 1.29 is 14.6 Å². The van der Waals surface area contributed by atoms with Crippen LogP contribution in [0.25, 0.3) is 0 Å². The van der Waals surface area contributed by atoms with Crippen molar-refractivity contribution in [1.29, 1.82) is 0 Å². The van der Waals surface area contributed by atoms with Crippen LogP contribution in [0.2, 0.25) is 0 Å². The first-order valence-corrected chi connectivity index (χ1v) is 6.98. The topological polar surface area (TPSA) is 58.6 Å². The number of hydrogen-bond acceptors (Lipinski definition) is 5. The number of rotatable bonds is 7. The van der Waals surface area contributed by atoms with Crippen molar-refractivity contribution >= 4 is 17.7 Å². The zero-order chi connectivity index (χ0) is 14.1. The van der Waals surface area contributed by atoms with Crippen molar-refractivity contribution in [3.8, 4) is 0 Å². The van der Waals surface area contributed by atoms with Crippen molar-refractivity contribution in [3.63, 3.8) is 0 Å². The molecule has 0 bridgehead atoms. The van der Waals surface area contributed by atoms with Gasteiger partial charge in [0.05, 0.1) is 18.6 Å². The fourth-order valence-corrected chi connectivity index (χ4v) is 2.51. The molecule has 1 aliphatic rings. The maximum atomic E-state index is 11.3. The second kappa shape index (κ2) is 8.61. The second-order valence-corrected chi connectivity index (χ2v) is 4.87. The van der Waals surface area contributed by atoms with E-state index in [9.17, 15) is 4.79 Å². The molecule has 0 saturated carbocycles. The van der Waals surface area contributed by atoms with Crippen molar-refractivity contribution in [1.82, 2.24) is 5.32 Å². The van der Waals surface area contributed by atoms with Gasteiger partial charge in [-0.1, -0.05) is 18.7 Å². The molecule has 0 aromatic rings. The van der Waals surface area contributed by atoms with E-state index < -0.39 is 0 Å². The Morgan fingerprint density at radius 3 is 3.11 bits per heavy atom. The number of aliphatic hydroxyl groups is 1. The first-order chi connectivity index (χ1) is 9.21. The van der Waals surface area contributed by atoms with E-state index in [1.54, 1.807) is 6.08 Å². The summed E-state index contributed by atoms with van der Waals surface area (Å²) in [6, 6.07) is 0. The van der Waals surface area contributed by atoms with Crippen LogP contribution in [0, 0.1) is 0 Å². The van der Waals surface area contributed by atoms with Crippen molar-refractivity contribution in [2.24, 2.45) is 0 Å². The van der Waals surface area contributed by atoms with Gasteiger partial charge in [-0.05, 0) is 17.7 Å². The highest BCUT2D eigenvalue weighted by atomic mass is 32.2. The minimum atomic E-state index is -0.284. The van der Waals surface area contributed by atoms with Crippen LogP contribution in [-0.2, 0) is 9.53 Å². The first kappa shape index (κ1) is 15.6. The van der Waals surface area contributed by atoms with E-state index in [2.05, 4.69) is 22.7 Å². The van der Waals surface area contributed by atoms with Crippen LogP contribution < -0.4 is 5.32 Å². The zero-order valence-corrected chi connectivity index (χ0v) is 11.8. The third-order valence-corrected chi connectivity index (χ3v) is 3.54. The molecule has 0 aromatic heterocycles. The quantitative estimate of drug-likeness (QED) is 0.550. The maximum absolute atomic E-state index is 11.3. The summed E-state index contributed by atoms with van der Waals surface area (Å²) >= 11 is 1.48. The Balaban J connectivity index is 2.60. The van der Waals surface area contributed by atoms with Gasteiger partial charge in [0.15, 0.2) is 0 Å². The molecule has 1 heterocycles. The Hall–Kier alpha value is -1.46. The van der Waals surface area contributed by atoms with Gasteiger partial charge in [-0.2, -0.15) is 0 Å². The van der Waals surface area contributed by atoms with Gasteiger partial charge in [0.1, 0.15) is 0 Å². The lowest BCUT2D eigenvalue weighted by Crippen LogP contribution is -2.17. The maximum Gasteiger partial charge on any atom is 0.344 e. The van der Waals surface area contributed by atoms with Gasteiger partial charge >= 0.3 is 5.97 Å². The largest absolute Gasteiger partial charge is 0.465 e. The Bertz CT molecular complexity index is 424. The Labute approximate surface area is 117 Å². The lowest BCUT2D eigenvalue weighted by Gasteiger charge is -2.07. The number of allylic oxidation sites excluding steroid dienone is 4. The van der Waals surface area contributed by atoms with E-state index in [4.69, 9.17) is 5.11 Å². The molecule has 19 heavy (non-hydrogen) atoms. The molecule has 2 N–H and O–H groups in total. The molecule has 0 spiro atoms. The van der Waals surface area contributed by atoms with E-state index in [0.717, 1.165) is 17.0 Å². The normalized spacial score (nSPS) is 17.3. The summed E-state index contributed by atoms with van der Waals surface area (Å²) in [6.45, 7) is 4.26. The minimum absolute atomic E-state index is 0.0906. The highest BCUT2D eigenvalue weighted by molar-refractivity contribution is 8.04. The van der Waals surface area contributed by atoms with Gasteiger partial charge in [0.25, 0.3) is 0 Å². The molecule has 0 saturated heterocycles. The smallest absolute Gasteiger partial charge is 0.344 e. The highest BCUT2D eigenvalue weighted by Crippen LogP contribution is 2.29. The number of carbonyl (C=O) groups excluding carboxylic acids is 1. The first-order valence-electron chi connectivity index (χ1n) is 5.99. The molecule has 1 rings (SSSR count). The molecule has 5 heteroatoms. The average molecular weight is 281 g/mol. The van der Waals surface area contributed by atoms with Crippen LogP contribution in [0.3, 0.4) is 0 Å². The number of esters is 1. The molecule has 4 nitrogen and oxygen atoms in total. The Kier molecular flexibility index (Phi) is 7.07. The van der Waals surface area contributed by atoms with Crippen LogP contribution in [-0.4, -0.2) is 37.1 Å². The van der Waals surface area contributed by atoms with E-state index in [0.29, 0.717) is 17.9 Å². The van der Waals surface area contributed by atoms with Crippen molar-refractivity contribution in [2.45, 2.75) is 6.42 Å². The van der Waals surface area contributed by atoms with Gasteiger partial charge < -0.3 is 15.2 Å². The molecule has 0 unspecified atom stereocenters. The predicted molar refractivity (Wildman–Crippen MR) is 78.6 cm³/mol. The summed E-state index contributed by atoms with van der Waals surface area (Å²) in [4.78, 5) is 12.0. The number of methoxy groups -OCH3 is 1. The van der Waals surface area contributed by atoms with E-state index >= 15 is 0 Å². The van der Waals surface area contributed by atoms with E-state index in [1.807, 2.05) is 12.2 Å². The van der Waals surface area contributed by atoms with Crippen molar-refractivity contribution in [3.05, 3.63) is 47.1 Å². The van der Waals surface area contributed by atoms with Gasteiger partial charge in [-0.3, -0.25) is 0 Å². The monoisotopic (exact) mass is 281 g/mol. The summed E-state index contributed by atoms with van der Waals surface area (Å²) in [7, 11) is 1.38. The summed E-state index contributed by atoms with van der Waals surface area (Å²) < 4.78 is 4.68. The van der Waals surface area contributed by atoms with Crippen molar-refractivity contribution in [2.75, 3.05) is 26.0 Å². The fourth-order valence-electron chi connectivity index (χ4n) is 1.55. The third-order valence-electron chi connectivity index (χ3n) is 2.46. The number of nitrogens with one attached hydrogen (secondary N) is 1. The molecule has 0 fully saturated rings. The lowest BCUT2D eigenvalue weighted by atomic mass is 10.2. The summed E-state index contributed by atoms with van der Waals surface area (Å²) in [6.07, 6.45) is 8.21. The van der Waals surface area contributed by atoms with Crippen LogP contribution in [0.1, 0.15) is 6.42 Å². The minimum Gasteiger partial charge on any atom is -0.465 e. The molecule has 104 valence electrons. The number of thioether (sulfide) groups is 1.